The Morgan fingerprint density at radius 2 is 1.68 bits per heavy atom. The van der Waals surface area contributed by atoms with Crippen LogP contribution in [0.5, 0.6) is 0 Å². The molecule has 2 aromatic carbocycles. The van der Waals surface area contributed by atoms with Gasteiger partial charge in [-0.1, -0.05) is 61.0 Å². The van der Waals surface area contributed by atoms with Crippen LogP contribution in [-0.2, 0) is 16.9 Å². The van der Waals surface area contributed by atoms with Gasteiger partial charge in [0.25, 0.3) is 0 Å². The lowest BCUT2D eigenvalue weighted by molar-refractivity contribution is -0.121. The van der Waals surface area contributed by atoms with Gasteiger partial charge >= 0.3 is 6.03 Å². The fourth-order valence-electron chi connectivity index (χ4n) is 6.74. The second kappa shape index (κ2) is 10.5. The number of amides is 3. The van der Waals surface area contributed by atoms with E-state index in [-0.39, 0.29) is 29.6 Å². The molecule has 6 heteroatoms. The van der Waals surface area contributed by atoms with Crippen molar-refractivity contribution in [2.45, 2.75) is 69.5 Å². The van der Waals surface area contributed by atoms with E-state index in [1.165, 1.54) is 24.8 Å². The average Bonchev–Trinajstić information content (AvgIpc) is 3.11. The summed E-state index contributed by atoms with van der Waals surface area (Å²) in [4.78, 5) is 33.1. The van der Waals surface area contributed by atoms with Crippen LogP contribution in [0.25, 0.3) is 0 Å². The first-order valence-corrected chi connectivity index (χ1v) is 13.9. The molecule has 1 N–H and O–H groups in total. The predicted octanol–water partition coefficient (Wildman–Crippen LogP) is 4.92. The van der Waals surface area contributed by atoms with Gasteiger partial charge in [-0.25, -0.2) is 4.79 Å². The first kappa shape index (κ1) is 25.8. The summed E-state index contributed by atoms with van der Waals surface area (Å²) in [6, 6.07) is 19.0. The highest BCUT2D eigenvalue weighted by Crippen LogP contribution is 2.49. The molecule has 2 aromatic rings. The molecule has 0 atom stereocenters. The molecule has 0 unspecified atom stereocenters. The average molecular weight is 503 g/mol. The minimum atomic E-state index is -0.183. The number of aryl methyl sites for hydroxylation is 1. The Balaban J connectivity index is 1.30. The Morgan fingerprint density at radius 3 is 2.30 bits per heavy atom. The highest BCUT2D eigenvalue weighted by molar-refractivity contribution is 5.86. The lowest BCUT2D eigenvalue weighted by Gasteiger charge is -2.51. The minimum Gasteiger partial charge on any atom is -0.350 e. The van der Waals surface area contributed by atoms with Crippen molar-refractivity contribution in [3.05, 3.63) is 71.3 Å². The first-order chi connectivity index (χ1) is 17.8. The van der Waals surface area contributed by atoms with Crippen molar-refractivity contribution in [1.82, 2.24) is 20.0 Å². The van der Waals surface area contributed by atoms with E-state index in [2.05, 4.69) is 72.5 Å². The molecule has 0 bridgehead atoms. The number of carbonyl (C=O) groups excluding carboxylic acids is 2. The SMILES string of the molecule is Cc1ccccc1CNC(=O)CN1CC2(CCC(c3ccccc3)(N(C)C)CC2)N(CC2CCC2)C1=O. The molecule has 1 heterocycles. The number of rotatable bonds is 8. The van der Waals surface area contributed by atoms with Gasteiger partial charge in [0.05, 0.1) is 5.54 Å². The number of nitrogens with zero attached hydrogens (tertiary/aromatic N) is 3. The van der Waals surface area contributed by atoms with Crippen LogP contribution >= 0.6 is 0 Å². The monoisotopic (exact) mass is 502 g/mol. The number of carbonyl (C=O) groups is 2. The van der Waals surface area contributed by atoms with Gasteiger partial charge in [0.1, 0.15) is 6.54 Å². The zero-order valence-electron chi connectivity index (χ0n) is 22.7. The number of benzene rings is 2. The van der Waals surface area contributed by atoms with E-state index in [4.69, 9.17) is 0 Å². The van der Waals surface area contributed by atoms with Gasteiger partial charge < -0.3 is 15.1 Å². The summed E-state index contributed by atoms with van der Waals surface area (Å²) in [5.74, 6) is 0.519. The molecular weight excluding hydrogens is 460 g/mol. The Kier molecular flexibility index (Phi) is 7.30. The fraction of sp³-hybridized carbons (Fsp3) is 0.548. The highest BCUT2D eigenvalue weighted by Gasteiger charge is 2.55. The summed E-state index contributed by atoms with van der Waals surface area (Å²) >= 11 is 0. The van der Waals surface area contributed by atoms with Gasteiger partial charge in [-0.2, -0.15) is 0 Å². The third-order valence-electron chi connectivity index (χ3n) is 9.47. The third-order valence-corrected chi connectivity index (χ3v) is 9.47. The first-order valence-electron chi connectivity index (χ1n) is 13.9. The third kappa shape index (κ3) is 5.00. The lowest BCUT2D eigenvalue weighted by atomic mass is 9.68. The number of nitrogens with one attached hydrogen (secondary N) is 1. The van der Waals surface area contributed by atoms with E-state index in [1.54, 1.807) is 0 Å². The molecule has 1 saturated heterocycles. The molecule has 3 aliphatic rings. The van der Waals surface area contributed by atoms with Crippen molar-refractivity contribution in [3.8, 4) is 0 Å². The normalized spacial score (nSPS) is 26.1. The van der Waals surface area contributed by atoms with Gasteiger partial charge in [0.2, 0.25) is 5.91 Å². The quantitative estimate of drug-likeness (QED) is 0.558. The summed E-state index contributed by atoms with van der Waals surface area (Å²) in [6.07, 6.45) is 7.62. The zero-order chi connectivity index (χ0) is 26.0. The molecule has 1 spiro atoms. The highest BCUT2D eigenvalue weighted by atomic mass is 16.2. The molecule has 5 rings (SSSR count). The summed E-state index contributed by atoms with van der Waals surface area (Å²) in [7, 11) is 4.37. The molecule has 0 radical (unpaired) electrons. The van der Waals surface area contributed by atoms with Crippen LogP contribution in [0.1, 0.15) is 61.6 Å². The second-order valence-corrected chi connectivity index (χ2v) is 11.8. The summed E-state index contributed by atoms with van der Waals surface area (Å²) in [5.41, 5.74) is 3.43. The Morgan fingerprint density at radius 1 is 1.00 bits per heavy atom. The van der Waals surface area contributed by atoms with Crippen LogP contribution < -0.4 is 5.32 Å². The van der Waals surface area contributed by atoms with E-state index in [1.807, 2.05) is 23.1 Å². The predicted molar refractivity (Wildman–Crippen MR) is 147 cm³/mol. The molecule has 2 saturated carbocycles. The molecule has 3 fully saturated rings. The van der Waals surface area contributed by atoms with Gasteiger partial charge in [-0.3, -0.25) is 9.69 Å². The van der Waals surface area contributed by atoms with Gasteiger partial charge in [-0.15, -0.1) is 0 Å². The van der Waals surface area contributed by atoms with E-state index in [0.29, 0.717) is 19.0 Å². The van der Waals surface area contributed by atoms with Gasteiger partial charge in [0, 0.05) is 25.2 Å². The van der Waals surface area contributed by atoms with Gasteiger partial charge in [0.15, 0.2) is 0 Å². The molecule has 6 nitrogen and oxygen atoms in total. The lowest BCUT2D eigenvalue weighted by Crippen LogP contribution is -2.56. The number of urea groups is 1. The molecule has 3 amide bonds. The fourth-order valence-corrected chi connectivity index (χ4v) is 6.74. The Labute approximate surface area is 222 Å². The van der Waals surface area contributed by atoms with Crippen molar-refractivity contribution in [2.75, 3.05) is 33.7 Å². The second-order valence-electron chi connectivity index (χ2n) is 11.8. The van der Waals surface area contributed by atoms with Crippen LogP contribution in [-0.4, -0.2) is 65.9 Å². The zero-order valence-corrected chi connectivity index (χ0v) is 22.7. The summed E-state index contributed by atoms with van der Waals surface area (Å²) < 4.78 is 0. The van der Waals surface area contributed by atoms with Crippen LogP contribution in [0.3, 0.4) is 0 Å². The number of hydrogen-bond donors (Lipinski definition) is 1. The van der Waals surface area contributed by atoms with Crippen LogP contribution in [0.4, 0.5) is 4.79 Å². The maximum Gasteiger partial charge on any atom is 0.321 e. The molecular formula is C31H42N4O2. The van der Waals surface area contributed by atoms with Crippen molar-refractivity contribution >= 4 is 11.9 Å². The summed E-state index contributed by atoms with van der Waals surface area (Å²) in [6.45, 7) is 4.16. The Hall–Kier alpha value is -2.86. The van der Waals surface area contributed by atoms with Crippen molar-refractivity contribution in [2.24, 2.45) is 5.92 Å². The van der Waals surface area contributed by atoms with Crippen LogP contribution in [0.15, 0.2) is 54.6 Å². The minimum absolute atomic E-state index is 0.0178. The van der Waals surface area contributed by atoms with Crippen LogP contribution in [0, 0.1) is 12.8 Å². The van der Waals surface area contributed by atoms with E-state index < -0.39 is 0 Å². The van der Waals surface area contributed by atoms with E-state index in [0.717, 1.165) is 43.4 Å². The van der Waals surface area contributed by atoms with Gasteiger partial charge in [-0.05, 0) is 82.2 Å². The molecule has 1 aliphatic heterocycles. The standard InChI is InChI=1S/C31H42N4O2/c1-24-10-7-8-13-26(24)20-32-28(36)22-34-23-30(35(29(34)37)21-25-11-9-12-25)16-18-31(19-17-30,33(2)3)27-14-5-4-6-15-27/h4-8,10,13-15,25H,9,11-12,16-23H2,1-3H3,(H,32,36). The van der Waals surface area contributed by atoms with E-state index in [9.17, 15) is 9.59 Å². The van der Waals surface area contributed by atoms with Crippen molar-refractivity contribution < 1.29 is 9.59 Å². The van der Waals surface area contributed by atoms with Crippen molar-refractivity contribution in [3.63, 3.8) is 0 Å². The maximum atomic E-state index is 13.7. The summed E-state index contributed by atoms with van der Waals surface area (Å²) in [5, 5.41) is 3.05. The number of hydrogen-bond acceptors (Lipinski definition) is 3. The van der Waals surface area contributed by atoms with Crippen molar-refractivity contribution in [1.29, 1.82) is 0 Å². The molecule has 37 heavy (non-hydrogen) atoms. The topological polar surface area (TPSA) is 55.9 Å². The van der Waals surface area contributed by atoms with Crippen LogP contribution in [0.2, 0.25) is 0 Å². The molecule has 2 aliphatic carbocycles. The Bertz CT molecular complexity index is 1100. The maximum absolute atomic E-state index is 13.7. The molecule has 0 aromatic heterocycles. The largest absolute Gasteiger partial charge is 0.350 e. The van der Waals surface area contributed by atoms with E-state index >= 15 is 0 Å². The molecule has 198 valence electrons. The smallest absolute Gasteiger partial charge is 0.321 e.